The van der Waals surface area contributed by atoms with Crippen molar-refractivity contribution in [2.45, 2.75) is 30.3 Å². The van der Waals surface area contributed by atoms with Crippen LogP contribution in [0.15, 0.2) is 52.4 Å². The van der Waals surface area contributed by atoms with Gasteiger partial charge >= 0.3 is 0 Å². The van der Waals surface area contributed by atoms with Crippen LogP contribution in [0.25, 0.3) is 10.9 Å². The monoisotopic (exact) mass is 451 g/mol. The van der Waals surface area contributed by atoms with E-state index < -0.39 is 5.25 Å². The van der Waals surface area contributed by atoms with Crippen LogP contribution >= 0.6 is 35.0 Å². The van der Waals surface area contributed by atoms with Gasteiger partial charge in [-0.1, -0.05) is 53.2 Å². The Hall–Kier alpha value is -2.06. The average Bonchev–Trinajstić information content (AvgIpc) is 2.70. The highest BCUT2D eigenvalue weighted by molar-refractivity contribution is 8.00. The predicted octanol–water partition coefficient (Wildman–Crippen LogP) is 4.21. The molecule has 0 aliphatic heterocycles. The van der Waals surface area contributed by atoms with Crippen molar-refractivity contribution in [3.05, 3.63) is 62.9 Å². The first-order valence-corrected chi connectivity index (χ1v) is 10.6. The summed E-state index contributed by atoms with van der Waals surface area (Å²) < 4.78 is 1.50. The van der Waals surface area contributed by atoms with Crippen molar-refractivity contribution in [1.82, 2.24) is 9.55 Å². The quantitative estimate of drug-likeness (QED) is 0.415. The lowest BCUT2D eigenvalue weighted by molar-refractivity contribution is -0.115. The van der Waals surface area contributed by atoms with Gasteiger partial charge in [0.2, 0.25) is 5.91 Å². The van der Waals surface area contributed by atoms with E-state index in [1.165, 1.54) is 4.57 Å². The van der Waals surface area contributed by atoms with Gasteiger partial charge < -0.3 is 10.4 Å². The highest BCUT2D eigenvalue weighted by atomic mass is 35.5. The van der Waals surface area contributed by atoms with Crippen LogP contribution < -0.4 is 10.9 Å². The summed E-state index contributed by atoms with van der Waals surface area (Å²) in [6, 6.07) is 12.0. The molecule has 0 saturated heterocycles. The molecule has 1 unspecified atom stereocenters. The number of nitrogens with one attached hydrogen (secondary N) is 1. The molecule has 0 bridgehead atoms. The van der Waals surface area contributed by atoms with Gasteiger partial charge in [0.1, 0.15) is 0 Å². The minimum Gasteiger partial charge on any atom is -0.396 e. The van der Waals surface area contributed by atoms with Crippen molar-refractivity contribution in [2.24, 2.45) is 0 Å². The Labute approximate surface area is 181 Å². The fourth-order valence-corrected chi connectivity index (χ4v) is 4.14. The molecule has 2 N–H and O–H groups in total. The zero-order chi connectivity index (χ0) is 21.0. The van der Waals surface area contributed by atoms with E-state index in [2.05, 4.69) is 10.3 Å². The number of benzene rings is 2. The lowest BCUT2D eigenvalue weighted by atomic mass is 10.2. The third kappa shape index (κ3) is 4.93. The summed E-state index contributed by atoms with van der Waals surface area (Å²) in [6.07, 6.45) is 0.406. The van der Waals surface area contributed by atoms with E-state index in [0.29, 0.717) is 44.8 Å². The number of para-hydroxylation sites is 2. The Bertz CT molecular complexity index is 1080. The Morgan fingerprint density at radius 2 is 1.90 bits per heavy atom. The van der Waals surface area contributed by atoms with Crippen molar-refractivity contribution in [2.75, 3.05) is 11.9 Å². The summed E-state index contributed by atoms with van der Waals surface area (Å²) in [4.78, 5) is 30.1. The smallest absolute Gasteiger partial charge is 0.262 e. The van der Waals surface area contributed by atoms with E-state index in [0.717, 1.165) is 11.8 Å². The van der Waals surface area contributed by atoms with Crippen molar-refractivity contribution >= 4 is 57.5 Å². The molecule has 3 aromatic rings. The van der Waals surface area contributed by atoms with Crippen LogP contribution in [0.3, 0.4) is 0 Å². The third-order valence-corrected chi connectivity index (χ3v) is 5.95. The first kappa shape index (κ1) is 21.6. The minimum atomic E-state index is -0.573. The summed E-state index contributed by atoms with van der Waals surface area (Å²) in [7, 11) is 0. The maximum Gasteiger partial charge on any atom is 0.262 e. The van der Waals surface area contributed by atoms with Crippen LogP contribution in [0.4, 0.5) is 5.69 Å². The Morgan fingerprint density at radius 1 is 1.21 bits per heavy atom. The number of aliphatic hydroxyl groups is 1. The lowest BCUT2D eigenvalue weighted by Crippen LogP contribution is -2.27. The Balaban J connectivity index is 1.89. The number of aromatic nitrogens is 2. The summed E-state index contributed by atoms with van der Waals surface area (Å²) in [5.41, 5.74) is 0.702. The fourth-order valence-electron chi connectivity index (χ4n) is 2.72. The topological polar surface area (TPSA) is 84.2 Å². The van der Waals surface area contributed by atoms with Gasteiger partial charge in [0.15, 0.2) is 5.16 Å². The van der Waals surface area contributed by atoms with E-state index in [-0.39, 0.29) is 18.1 Å². The molecule has 29 heavy (non-hydrogen) atoms. The minimum absolute atomic E-state index is 0.0512. The zero-order valence-electron chi connectivity index (χ0n) is 15.6. The number of hydrogen-bond donors (Lipinski definition) is 2. The van der Waals surface area contributed by atoms with Crippen LogP contribution in [0, 0.1) is 0 Å². The molecule has 1 amide bonds. The number of rotatable bonds is 7. The van der Waals surface area contributed by atoms with Crippen LogP contribution in [0.2, 0.25) is 10.0 Å². The van der Waals surface area contributed by atoms with E-state index in [1.54, 1.807) is 49.4 Å². The van der Waals surface area contributed by atoms with Crippen molar-refractivity contribution < 1.29 is 9.90 Å². The van der Waals surface area contributed by atoms with Gasteiger partial charge in [0.05, 0.1) is 31.9 Å². The second kappa shape index (κ2) is 9.63. The normalized spacial score (nSPS) is 12.1. The maximum atomic E-state index is 12.9. The molecular formula is C20H19Cl2N3O3S. The number of carbonyl (C=O) groups is 1. The molecule has 3 rings (SSSR count). The molecule has 0 radical (unpaired) electrons. The highest BCUT2D eigenvalue weighted by Crippen LogP contribution is 2.31. The molecule has 0 spiro atoms. The number of anilines is 1. The summed E-state index contributed by atoms with van der Waals surface area (Å²) in [6.45, 7) is 1.97. The SMILES string of the molecule is CC(Sc1nc2ccccc2c(=O)n1CCCO)C(=O)Nc1c(Cl)cccc1Cl. The number of fused-ring (bicyclic) bond motifs is 1. The first-order valence-electron chi connectivity index (χ1n) is 8.94. The number of nitrogens with zero attached hydrogens (tertiary/aromatic N) is 2. The molecular weight excluding hydrogens is 433 g/mol. The Morgan fingerprint density at radius 3 is 2.59 bits per heavy atom. The van der Waals surface area contributed by atoms with Crippen LogP contribution in [0.1, 0.15) is 13.3 Å². The summed E-state index contributed by atoms with van der Waals surface area (Å²) in [5, 5.41) is 12.9. The van der Waals surface area contributed by atoms with E-state index >= 15 is 0 Å². The van der Waals surface area contributed by atoms with Crippen LogP contribution in [-0.4, -0.2) is 32.4 Å². The average molecular weight is 452 g/mol. The fraction of sp³-hybridized carbons (Fsp3) is 0.250. The molecule has 0 aliphatic rings. The number of carbonyl (C=O) groups excluding carboxylic acids is 1. The predicted molar refractivity (Wildman–Crippen MR) is 118 cm³/mol. The van der Waals surface area contributed by atoms with E-state index in [9.17, 15) is 14.7 Å². The summed E-state index contributed by atoms with van der Waals surface area (Å²) in [5.74, 6) is -0.318. The second-order valence-electron chi connectivity index (χ2n) is 6.29. The number of hydrogen-bond acceptors (Lipinski definition) is 5. The Kier molecular flexibility index (Phi) is 7.18. The molecule has 9 heteroatoms. The molecule has 1 atom stereocenters. The molecule has 0 fully saturated rings. The molecule has 152 valence electrons. The van der Waals surface area contributed by atoms with Gasteiger partial charge in [-0.15, -0.1) is 0 Å². The zero-order valence-corrected chi connectivity index (χ0v) is 17.9. The highest BCUT2D eigenvalue weighted by Gasteiger charge is 2.21. The molecule has 2 aromatic carbocycles. The standard InChI is InChI=1S/C20H19Cl2N3O3S/c1-12(18(27)24-17-14(21)7-4-8-15(17)22)29-20-23-16-9-3-2-6-13(16)19(28)25(20)10-5-11-26/h2-4,6-9,12,26H,5,10-11H2,1H3,(H,24,27). The lowest BCUT2D eigenvalue weighted by Gasteiger charge is -2.17. The first-order chi connectivity index (χ1) is 13.9. The van der Waals surface area contributed by atoms with Crippen molar-refractivity contribution in [1.29, 1.82) is 0 Å². The molecule has 6 nitrogen and oxygen atoms in total. The largest absolute Gasteiger partial charge is 0.396 e. The molecule has 1 heterocycles. The molecule has 1 aromatic heterocycles. The van der Waals surface area contributed by atoms with Gasteiger partial charge in [-0.3, -0.25) is 14.2 Å². The molecule has 0 saturated carbocycles. The van der Waals surface area contributed by atoms with Gasteiger partial charge in [0.25, 0.3) is 5.56 Å². The third-order valence-electron chi connectivity index (χ3n) is 4.23. The summed E-state index contributed by atoms with van der Waals surface area (Å²) >= 11 is 13.4. The number of amides is 1. The second-order valence-corrected chi connectivity index (χ2v) is 8.41. The van der Waals surface area contributed by atoms with Crippen molar-refractivity contribution in [3.63, 3.8) is 0 Å². The van der Waals surface area contributed by atoms with Crippen LogP contribution in [-0.2, 0) is 11.3 Å². The van der Waals surface area contributed by atoms with E-state index in [4.69, 9.17) is 23.2 Å². The number of aliphatic hydroxyl groups excluding tert-OH is 1. The van der Waals surface area contributed by atoms with Gasteiger partial charge in [-0.2, -0.15) is 0 Å². The van der Waals surface area contributed by atoms with E-state index in [1.807, 2.05) is 0 Å². The van der Waals surface area contributed by atoms with Crippen molar-refractivity contribution in [3.8, 4) is 0 Å². The van der Waals surface area contributed by atoms with Gasteiger partial charge in [-0.25, -0.2) is 4.98 Å². The molecule has 0 aliphatic carbocycles. The number of halogens is 2. The van der Waals surface area contributed by atoms with Gasteiger partial charge in [0, 0.05) is 13.2 Å². The number of thioether (sulfide) groups is 1. The van der Waals surface area contributed by atoms with Crippen LogP contribution in [0.5, 0.6) is 0 Å². The maximum absolute atomic E-state index is 12.9. The van der Waals surface area contributed by atoms with Gasteiger partial charge in [-0.05, 0) is 37.6 Å².